The molecular weight excluding hydrogens is 338 g/mol. The van der Waals surface area contributed by atoms with Crippen molar-refractivity contribution in [2.75, 3.05) is 31.4 Å². The number of methoxy groups -OCH3 is 1. The smallest absolute Gasteiger partial charge is 0.226 e. The Kier molecular flexibility index (Phi) is 5.13. The highest BCUT2D eigenvalue weighted by Crippen LogP contribution is 2.43. The lowest BCUT2D eigenvalue weighted by Crippen LogP contribution is -2.22. The number of amides is 1. The van der Waals surface area contributed by atoms with Gasteiger partial charge in [0.2, 0.25) is 5.91 Å². The fourth-order valence-electron chi connectivity index (χ4n) is 2.77. The second-order valence-electron chi connectivity index (χ2n) is 6.40. The summed E-state index contributed by atoms with van der Waals surface area (Å²) in [6.45, 7) is 4.84. The second kappa shape index (κ2) is 7.31. The van der Waals surface area contributed by atoms with E-state index < -0.39 is 0 Å². The average Bonchev–Trinajstić information content (AvgIpc) is 3.01. The number of ether oxygens (including phenoxy) is 2. The summed E-state index contributed by atoms with van der Waals surface area (Å²) in [7, 11) is 3.46. The fraction of sp³-hybridized carbons (Fsp3) is 0.444. The van der Waals surface area contributed by atoms with Crippen LogP contribution in [0.5, 0.6) is 11.5 Å². The number of anilines is 2. The van der Waals surface area contributed by atoms with E-state index in [0.717, 1.165) is 21.3 Å². The third-order valence-electron chi connectivity index (χ3n) is 3.99. The van der Waals surface area contributed by atoms with Crippen LogP contribution in [0, 0.1) is 5.92 Å². The van der Waals surface area contributed by atoms with Crippen LogP contribution in [-0.4, -0.2) is 31.7 Å². The van der Waals surface area contributed by atoms with Crippen molar-refractivity contribution in [1.82, 2.24) is 4.98 Å². The predicted octanol–water partition coefficient (Wildman–Crippen LogP) is 3.70. The van der Waals surface area contributed by atoms with Crippen molar-refractivity contribution in [2.45, 2.75) is 26.2 Å². The molecule has 0 radical (unpaired) electrons. The maximum Gasteiger partial charge on any atom is 0.226 e. The van der Waals surface area contributed by atoms with Gasteiger partial charge in [-0.05, 0) is 23.6 Å². The topological polar surface area (TPSA) is 72.5 Å². The predicted molar refractivity (Wildman–Crippen MR) is 100 cm³/mol. The Hall–Kier alpha value is -2.28. The Labute approximate surface area is 151 Å². The van der Waals surface area contributed by atoms with Crippen LogP contribution in [0.3, 0.4) is 0 Å². The minimum Gasteiger partial charge on any atom is -0.493 e. The summed E-state index contributed by atoms with van der Waals surface area (Å²) >= 11 is 1.56. The van der Waals surface area contributed by atoms with Gasteiger partial charge in [0.1, 0.15) is 5.82 Å². The average molecular weight is 361 g/mol. The maximum absolute atomic E-state index is 12.1. The molecule has 1 unspecified atom stereocenters. The summed E-state index contributed by atoms with van der Waals surface area (Å²) in [5, 5.41) is 6.69. The normalized spacial score (nSPS) is 16.4. The van der Waals surface area contributed by atoms with Gasteiger partial charge < -0.3 is 20.1 Å². The third kappa shape index (κ3) is 3.71. The van der Waals surface area contributed by atoms with E-state index in [1.54, 1.807) is 18.4 Å². The quantitative estimate of drug-likeness (QED) is 0.821. The molecule has 2 aromatic rings. The number of benzene rings is 1. The molecule has 134 valence electrons. The number of carbonyl (C=O) groups excluding carboxylic acids is 1. The number of carbonyl (C=O) groups is 1. The Morgan fingerprint density at radius 1 is 1.40 bits per heavy atom. The molecule has 6 nitrogen and oxygen atoms in total. The second-order valence-corrected chi connectivity index (χ2v) is 7.43. The first-order valence-corrected chi connectivity index (χ1v) is 9.12. The molecule has 25 heavy (non-hydrogen) atoms. The number of rotatable bonds is 6. The first-order valence-electron chi connectivity index (χ1n) is 8.30. The highest BCUT2D eigenvalue weighted by molar-refractivity contribution is 7.16. The zero-order valence-corrected chi connectivity index (χ0v) is 15.7. The Morgan fingerprint density at radius 2 is 2.20 bits per heavy atom. The minimum atomic E-state index is -0.0311. The molecule has 1 amide bonds. The van der Waals surface area contributed by atoms with Crippen molar-refractivity contribution in [2.24, 2.45) is 5.92 Å². The summed E-state index contributed by atoms with van der Waals surface area (Å²) in [6.07, 6.45) is 0.397. The van der Waals surface area contributed by atoms with E-state index in [1.165, 1.54) is 0 Å². The largest absolute Gasteiger partial charge is 0.493 e. The maximum atomic E-state index is 12.1. The minimum absolute atomic E-state index is 0.0236. The molecule has 1 aromatic carbocycles. The number of nitrogens with zero attached hydrogens (tertiary/aromatic N) is 1. The summed E-state index contributed by atoms with van der Waals surface area (Å²) in [5.74, 6) is 2.44. The number of hydrogen-bond donors (Lipinski definition) is 2. The molecule has 0 aliphatic carbocycles. The van der Waals surface area contributed by atoms with Crippen LogP contribution in [0.2, 0.25) is 0 Å². The molecular formula is C18H23N3O3S. The van der Waals surface area contributed by atoms with E-state index in [9.17, 15) is 4.79 Å². The lowest BCUT2D eigenvalue weighted by molar-refractivity contribution is -0.116. The van der Waals surface area contributed by atoms with Crippen LogP contribution < -0.4 is 20.1 Å². The van der Waals surface area contributed by atoms with Gasteiger partial charge in [-0.1, -0.05) is 31.3 Å². The first-order chi connectivity index (χ1) is 12.0. The van der Waals surface area contributed by atoms with Crippen molar-refractivity contribution in [3.8, 4) is 11.5 Å². The number of nitrogens with one attached hydrogen (secondary N) is 2. The molecule has 0 saturated carbocycles. The van der Waals surface area contributed by atoms with Crippen molar-refractivity contribution < 1.29 is 14.3 Å². The zero-order chi connectivity index (χ0) is 18.0. The lowest BCUT2D eigenvalue weighted by Gasteiger charge is -2.22. The molecule has 7 heteroatoms. The molecule has 0 spiro atoms. The molecule has 1 aliphatic rings. The monoisotopic (exact) mass is 361 g/mol. The van der Waals surface area contributed by atoms with Crippen molar-refractivity contribution >= 4 is 28.2 Å². The fourth-order valence-corrected chi connectivity index (χ4v) is 3.77. The van der Waals surface area contributed by atoms with Crippen LogP contribution in [0.4, 0.5) is 10.9 Å². The molecule has 1 aliphatic heterocycles. The number of aromatic nitrogens is 1. The summed E-state index contributed by atoms with van der Waals surface area (Å²) in [6, 6.07) is 5.88. The molecule has 0 bridgehead atoms. The van der Waals surface area contributed by atoms with E-state index in [-0.39, 0.29) is 11.8 Å². The van der Waals surface area contributed by atoms with Crippen LogP contribution in [0.1, 0.15) is 36.6 Å². The zero-order valence-electron chi connectivity index (χ0n) is 14.9. The summed E-state index contributed by atoms with van der Waals surface area (Å²) in [4.78, 5) is 17.6. The van der Waals surface area contributed by atoms with Gasteiger partial charge in [0.15, 0.2) is 16.6 Å². The molecule has 3 rings (SSSR count). The van der Waals surface area contributed by atoms with Gasteiger partial charge in [0, 0.05) is 19.4 Å². The SMILES string of the molecule is CNc1nc2c(s1)C(c1ccc(OCC(C)C)c(OC)c1)CC(=O)N2. The summed E-state index contributed by atoms with van der Waals surface area (Å²) < 4.78 is 11.3. The molecule has 1 aromatic heterocycles. The Bertz CT molecular complexity index is 773. The van der Waals surface area contributed by atoms with Crippen LogP contribution in [0.15, 0.2) is 18.2 Å². The number of fused-ring (bicyclic) bond motifs is 1. The van der Waals surface area contributed by atoms with Crippen LogP contribution >= 0.6 is 11.3 Å². The van der Waals surface area contributed by atoms with Gasteiger partial charge in [-0.25, -0.2) is 4.98 Å². The van der Waals surface area contributed by atoms with E-state index >= 15 is 0 Å². The van der Waals surface area contributed by atoms with Crippen LogP contribution in [0.25, 0.3) is 0 Å². The Balaban J connectivity index is 1.93. The van der Waals surface area contributed by atoms with E-state index in [2.05, 4.69) is 29.5 Å². The molecule has 2 N–H and O–H groups in total. The number of thiazole rings is 1. The molecule has 0 fully saturated rings. The van der Waals surface area contributed by atoms with Crippen molar-refractivity contribution in [1.29, 1.82) is 0 Å². The molecule has 0 saturated heterocycles. The summed E-state index contributed by atoms with van der Waals surface area (Å²) in [5.41, 5.74) is 1.02. The van der Waals surface area contributed by atoms with Crippen molar-refractivity contribution in [3.63, 3.8) is 0 Å². The van der Waals surface area contributed by atoms with E-state index in [1.807, 2.05) is 25.2 Å². The molecule has 2 heterocycles. The standard InChI is InChI=1S/C18H23N3O3S/c1-10(2)9-24-13-6-5-11(7-14(13)23-4)12-8-15(22)20-17-16(12)25-18(19-3)21-17/h5-7,10,12H,8-9H2,1-4H3,(H,19,21)(H,20,22). The van der Waals surface area contributed by atoms with Gasteiger partial charge in [-0.3, -0.25) is 4.79 Å². The van der Waals surface area contributed by atoms with Gasteiger partial charge in [0.25, 0.3) is 0 Å². The van der Waals surface area contributed by atoms with Crippen molar-refractivity contribution in [3.05, 3.63) is 28.6 Å². The third-order valence-corrected chi connectivity index (χ3v) is 5.18. The highest BCUT2D eigenvalue weighted by Gasteiger charge is 2.30. The van der Waals surface area contributed by atoms with Crippen LogP contribution in [-0.2, 0) is 4.79 Å². The Morgan fingerprint density at radius 3 is 2.88 bits per heavy atom. The number of hydrogen-bond acceptors (Lipinski definition) is 6. The first kappa shape index (κ1) is 17.5. The highest BCUT2D eigenvalue weighted by atomic mass is 32.1. The van der Waals surface area contributed by atoms with E-state index in [4.69, 9.17) is 9.47 Å². The molecule has 1 atom stereocenters. The van der Waals surface area contributed by atoms with E-state index in [0.29, 0.717) is 30.5 Å². The van der Waals surface area contributed by atoms with Gasteiger partial charge in [-0.15, -0.1) is 0 Å². The van der Waals surface area contributed by atoms with Gasteiger partial charge in [0.05, 0.1) is 18.6 Å². The van der Waals surface area contributed by atoms with Gasteiger partial charge >= 0.3 is 0 Å². The van der Waals surface area contributed by atoms with Gasteiger partial charge in [-0.2, -0.15) is 0 Å². The lowest BCUT2D eigenvalue weighted by atomic mass is 9.91.